The van der Waals surface area contributed by atoms with E-state index in [0.717, 1.165) is 15.1 Å². The summed E-state index contributed by atoms with van der Waals surface area (Å²) in [7, 11) is 0. The van der Waals surface area contributed by atoms with Gasteiger partial charge in [-0.05, 0) is 79.2 Å². The summed E-state index contributed by atoms with van der Waals surface area (Å²) >= 11 is 2.77. The standard InChI is InChI=1S/C32H25N5O5S2/c1-20(29(38)36-32-35-26-9-5-6-10-28(26)44-32)43-25-17-13-23(14-18-25)33-31(40)27(34-30(39)22-7-3-2-4-8-22)19-21-11-15-24(16-12-21)37(41)42/h2-20H,1H3,(H,33,40)(H,34,39)(H,35,36,38)/b27-19-. The van der Waals surface area contributed by atoms with Gasteiger partial charge in [-0.2, -0.15) is 0 Å². The first kappa shape index (κ1) is 30.1. The highest BCUT2D eigenvalue weighted by Crippen LogP contribution is 2.29. The number of amides is 3. The van der Waals surface area contributed by atoms with Gasteiger partial charge in [0.2, 0.25) is 5.91 Å². The lowest BCUT2D eigenvalue weighted by Gasteiger charge is -2.13. The predicted octanol–water partition coefficient (Wildman–Crippen LogP) is 6.73. The van der Waals surface area contributed by atoms with Crippen molar-refractivity contribution in [2.24, 2.45) is 0 Å². The molecule has 10 nitrogen and oxygen atoms in total. The Hall–Kier alpha value is -5.33. The van der Waals surface area contributed by atoms with E-state index >= 15 is 0 Å². The zero-order chi connectivity index (χ0) is 31.1. The van der Waals surface area contributed by atoms with E-state index in [-0.39, 0.29) is 17.3 Å². The van der Waals surface area contributed by atoms with Crippen LogP contribution in [0.5, 0.6) is 0 Å². The number of nitrogens with zero attached hydrogens (tertiary/aromatic N) is 2. The number of hydrogen-bond donors (Lipinski definition) is 3. The van der Waals surface area contributed by atoms with Gasteiger partial charge in [-0.3, -0.25) is 24.5 Å². The summed E-state index contributed by atoms with van der Waals surface area (Å²) in [5, 5.41) is 19.4. The highest BCUT2D eigenvalue weighted by molar-refractivity contribution is 8.00. The highest BCUT2D eigenvalue weighted by atomic mass is 32.2. The van der Waals surface area contributed by atoms with Crippen molar-refractivity contribution < 1.29 is 19.3 Å². The van der Waals surface area contributed by atoms with Gasteiger partial charge in [0.15, 0.2) is 5.13 Å². The molecule has 220 valence electrons. The Morgan fingerprint density at radius 3 is 2.25 bits per heavy atom. The first-order valence-electron chi connectivity index (χ1n) is 13.3. The van der Waals surface area contributed by atoms with Crippen LogP contribution in [-0.4, -0.2) is 32.9 Å². The number of carbonyl (C=O) groups is 3. The first-order valence-corrected chi connectivity index (χ1v) is 15.0. The molecule has 44 heavy (non-hydrogen) atoms. The Morgan fingerprint density at radius 1 is 0.886 bits per heavy atom. The van der Waals surface area contributed by atoms with Crippen molar-refractivity contribution in [3.63, 3.8) is 0 Å². The molecule has 0 spiro atoms. The molecule has 3 N–H and O–H groups in total. The summed E-state index contributed by atoms with van der Waals surface area (Å²) in [4.78, 5) is 54.7. The molecule has 3 amide bonds. The number of aromatic nitrogens is 1. The molecule has 5 rings (SSSR count). The van der Waals surface area contributed by atoms with E-state index in [2.05, 4.69) is 20.9 Å². The molecule has 0 saturated heterocycles. The third-order valence-corrected chi connectivity index (χ3v) is 8.33. The van der Waals surface area contributed by atoms with Crippen molar-refractivity contribution in [1.29, 1.82) is 0 Å². The molecular weight excluding hydrogens is 599 g/mol. The van der Waals surface area contributed by atoms with Crippen LogP contribution in [0.25, 0.3) is 16.3 Å². The number of para-hydroxylation sites is 1. The second kappa shape index (κ2) is 13.8. The van der Waals surface area contributed by atoms with Gasteiger partial charge in [-0.1, -0.05) is 41.7 Å². The summed E-state index contributed by atoms with van der Waals surface area (Å²) in [6.07, 6.45) is 1.44. The van der Waals surface area contributed by atoms with Gasteiger partial charge in [0.05, 0.1) is 20.4 Å². The van der Waals surface area contributed by atoms with Crippen LogP contribution in [0, 0.1) is 10.1 Å². The molecule has 12 heteroatoms. The third-order valence-electron chi connectivity index (χ3n) is 6.26. The van der Waals surface area contributed by atoms with Crippen LogP contribution in [0.4, 0.5) is 16.5 Å². The second-order valence-corrected chi connectivity index (χ2v) is 11.9. The molecule has 0 aliphatic heterocycles. The van der Waals surface area contributed by atoms with E-state index in [1.807, 2.05) is 24.3 Å². The van der Waals surface area contributed by atoms with Crippen LogP contribution < -0.4 is 16.0 Å². The lowest BCUT2D eigenvalue weighted by Crippen LogP contribution is -2.30. The zero-order valence-electron chi connectivity index (χ0n) is 23.2. The first-order chi connectivity index (χ1) is 21.2. The molecule has 4 aromatic carbocycles. The van der Waals surface area contributed by atoms with Crippen LogP contribution in [0.1, 0.15) is 22.8 Å². The number of nitrogens with one attached hydrogen (secondary N) is 3. The maximum atomic E-state index is 13.3. The Morgan fingerprint density at radius 2 is 1.57 bits per heavy atom. The largest absolute Gasteiger partial charge is 0.321 e. The zero-order valence-corrected chi connectivity index (χ0v) is 24.9. The number of non-ortho nitro benzene ring substituents is 1. The van der Waals surface area contributed by atoms with Crippen LogP contribution in [0.15, 0.2) is 114 Å². The SMILES string of the molecule is CC(Sc1ccc(NC(=O)/C(=C/c2ccc([N+](=O)[O-])cc2)NC(=O)c2ccccc2)cc1)C(=O)Nc1nc2ccccc2s1. The summed E-state index contributed by atoms with van der Waals surface area (Å²) in [6.45, 7) is 1.80. The van der Waals surface area contributed by atoms with Crippen molar-refractivity contribution in [3.8, 4) is 0 Å². The fourth-order valence-corrected chi connectivity index (χ4v) is 5.74. The number of rotatable bonds is 10. The lowest BCUT2D eigenvalue weighted by atomic mass is 10.1. The molecule has 0 aliphatic rings. The average Bonchev–Trinajstić information content (AvgIpc) is 3.44. The number of nitro benzene ring substituents is 1. The topological polar surface area (TPSA) is 143 Å². The minimum absolute atomic E-state index is 0.0497. The maximum Gasteiger partial charge on any atom is 0.272 e. The van der Waals surface area contributed by atoms with Crippen molar-refractivity contribution >= 4 is 73.6 Å². The Balaban J connectivity index is 1.25. The average molecular weight is 624 g/mol. The van der Waals surface area contributed by atoms with E-state index in [1.54, 1.807) is 61.5 Å². The molecule has 0 bridgehead atoms. The molecule has 5 aromatic rings. The summed E-state index contributed by atoms with van der Waals surface area (Å²) in [5.74, 6) is -1.25. The van der Waals surface area contributed by atoms with Crippen molar-refractivity contribution in [2.45, 2.75) is 17.1 Å². The van der Waals surface area contributed by atoms with Gasteiger partial charge in [0.1, 0.15) is 5.70 Å². The Bertz CT molecular complexity index is 1820. The molecule has 0 aliphatic carbocycles. The lowest BCUT2D eigenvalue weighted by molar-refractivity contribution is -0.384. The normalized spacial score (nSPS) is 11.9. The van der Waals surface area contributed by atoms with Crippen LogP contribution in [0.3, 0.4) is 0 Å². The molecule has 0 fully saturated rings. The number of thioether (sulfide) groups is 1. The summed E-state index contributed by atoms with van der Waals surface area (Å²) < 4.78 is 0.992. The van der Waals surface area contributed by atoms with Gasteiger partial charge in [-0.25, -0.2) is 4.98 Å². The second-order valence-electron chi connectivity index (χ2n) is 9.44. The van der Waals surface area contributed by atoms with Gasteiger partial charge < -0.3 is 16.0 Å². The van der Waals surface area contributed by atoms with Gasteiger partial charge >= 0.3 is 0 Å². The number of hydrogen-bond acceptors (Lipinski definition) is 8. The Kier molecular flexibility index (Phi) is 9.43. The number of anilines is 2. The van der Waals surface area contributed by atoms with Gasteiger partial charge in [0.25, 0.3) is 17.5 Å². The quantitative estimate of drug-likeness (QED) is 0.0677. The molecule has 0 radical (unpaired) electrons. The monoisotopic (exact) mass is 623 g/mol. The van der Waals surface area contributed by atoms with Crippen molar-refractivity contribution in [2.75, 3.05) is 10.6 Å². The van der Waals surface area contributed by atoms with E-state index in [4.69, 9.17) is 0 Å². The van der Waals surface area contributed by atoms with Crippen LogP contribution in [-0.2, 0) is 9.59 Å². The van der Waals surface area contributed by atoms with Crippen LogP contribution >= 0.6 is 23.1 Å². The number of nitro groups is 1. The summed E-state index contributed by atoms with van der Waals surface area (Å²) in [6, 6.07) is 28.7. The molecule has 1 heterocycles. The predicted molar refractivity (Wildman–Crippen MR) is 174 cm³/mol. The number of fused-ring (bicyclic) bond motifs is 1. The van der Waals surface area contributed by atoms with E-state index < -0.39 is 22.0 Å². The number of thiazole rings is 1. The third kappa shape index (κ3) is 7.73. The van der Waals surface area contributed by atoms with Crippen molar-refractivity contribution in [3.05, 3.63) is 130 Å². The minimum atomic E-state index is -0.586. The molecule has 1 aromatic heterocycles. The minimum Gasteiger partial charge on any atom is -0.321 e. The van der Waals surface area contributed by atoms with E-state index in [1.165, 1.54) is 53.4 Å². The molecule has 0 saturated carbocycles. The Labute approximate surface area is 260 Å². The molecule has 1 atom stereocenters. The fourth-order valence-electron chi connectivity index (χ4n) is 4.01. The maximum absolute atomic E-state index is 13.3. The van der Waals surface area contributed by atoms with Gasteiger partial charge in [-0.15, -0.1) is 11.8 Å². The number of benzene rings is 4. The smallest absolute Gasteiger partial charge is 0.272 e. The molecular formula is C32H25N5O5S2. The van der Waals surface area contributed by atoms with Crippen molar-refractivity contribution in [1.82, 2.24) is 10.3 Å². The van der Waals surface area contributed by atoms with E-state index in [9.17, 15) is 24.5 Å². The van der Waals surface area contributed by atoms with E-state index in [0.29, 0.717) is 21.9 Å². The van der Waals surface area contributed by atoms with Gasteiger partial charge in [0, 0.05) is 28.3 Å². The molecule has 1 unspecified atom stereocenters. The highest BCUT2D eigenvalue weighted by Gasteiger charge is 2.18. The fraction of sp³-hybridized carbons (Fsp3) is 0.0625. The van der Waals surface area contributed by atoms with Crippen LogP contribution in [0.2, 0.25) is 0 Å². The summed E-state index contributed by atoms with van der Waals surface area (Å²) in [5.41, 5.74) is 2.00. The number of carbonyl (C=O) groups excluding carboxylic acids is 3.